The van der Waals surface area contributed by atoms with Crippen LogP contribution in [0.3, 0.4) is 0 Å². The third-order valence-corrected chi connectivity index (χ3v) is 2.55. The van der Waals surface area contributed by atoms with Crippen molar-refractivity contribution >= 4 is 17.3 Å². The number of alkyl halides is 3. The molecule has 0 atom stereocenters. The molecule has 0 unspecified atom stereocenters. The average Bonchev–Trinajstić information content (AvgIpc) is 2.77. The SMILES string of the molecule is CCOC(=O)c1c(C(F)(F)F)nc2ccc([N+](=O)[O-])cn12. The maximum Gasteiger partial charge on any atom is 0.435 e. The van der Waals surface area contributed by atoms with E-state index in [1.165, 1.54) is 6.92 Å². The Morgan fingerprint density at radius 2 is 2.14 bits per heavy atom. The number of nitro groups is 1. The topological polar surface area (TPSA) is 86.7 Å². The van der Waals surface area contributed by atoms with E-state index in [-0.39, 0.29) is 12.3 Å². The third-order valence-electron chi connectivity index (χ3n) is 2.55. The minimum absolute atomic E-state index is 0.141. The first-order valence-electron chi connectivity index (χ1n) is 5.66. The molecule has 2 aromatic heterocycles. The molecule has 0 aliphatic heterocycles. The zero-order chi connectivity index (χ0) is 15.8. The smallest absolute Gasteiger partial charge is 0.435 e. The molecule has 7 nitrogen and oxygen atoms in total. The quantitative estimate of drug-likeness (QED) is 0.494. The van der Waals surface area contributed by atoms with Crippen molar-refractivity contribution in [3.8, 4) is 0 Å². The number of carbonyl (C=O) groups is 1. The molecule has 0 spiro atoms. The van der Waals surface area contributed by atoms with E-state index in [9.17, 15) is 28.1 Å². The van der Waals surface area contributed by atoms with Gasteiger partial charge in [0.2, 0.25) is 0 Å². The Hall–Kier alpha value is -2.65. The Morgan fingerprint density at radius 3 is 2.67 bits per heavy atom. The van der Waals surface area contributed by atoms with Crippen molar-refractivity contribution in [2.24, 2.45) is 0 Å². The van der Waals surface area contributed by atoms with Crippen LogP contribution < -0.4 is 0 Å². The summed E-state index contributed by atoms with van der Waals surface area (Å²) in [6.07, 6.45) is -4.09. The highest BCUT2D eigenvalue weighted by Gasteiger charge is 2.40. The molecule has 0 amide bonds. The Morgan fingerprint density at radius 1 is 1.48 bits per heavy atom. The highest BCUT2D eigenvalue weighted by Crippen LogP contribution is 2.32. The molecule has 0 aliphatic rings. The molecule has 0 aromatic carbocycles. The molecule has 2 heterocycles. The zero-order valence-corrected chi connectivity index (χ0v) is 10.5. The highest BCUT2D eigenvalue weighted by molar-refractivity contribution is 5.90. The molecule has 2 aromatic rings. The summed E-state index contributed by atoms with van der Waals surface area (Å²) in [5.74, 6) is -1.25. The molecule has 2 rings (SSSR count). The number of pyridine rings is 1. The van der Waals surface area contributed by atoms with Crippen LogP contribution in [-0.2, 0) is 10.9 Å². The van der Waals surface area contributed by atoms with E-state index >= 15 is 0 Å². The number of nitrogens with zero attached hydrogens (tertiary/aromatic N) is 3. The van der Waals surface area contributed by atoms with Gasteiger partial charge in [0.1, 0.15) is 5.65 Å². The molecule has 10 heteroatoms. The summed E-state index contributed by atoms with van der Waals surface area (Å²) in [5.41, 5.74) is -3.04. The first kappa shape index (κ1) is 14.8. The summed E-state index contributed by atoms with van der Waals surface area (Å²) in [4.78, 5) is 24.9. The summed E-state index contributed by atoms with van der Waals surface area (Å²) in [7, 11) is 0. The number of imidazole rings is 1. The number of fused-ring (bicyclic) bond motifs is 1. The largest absolute Gasteiger partial charge is 0.461 e. The lowest BCUT2D eigenvalue weighted by Gasteiger charge is -2.06. The van der Waals surface area contributed by atoms with Gasteiger partial charge in [-0.2, -0.15) is 13.2 Å². The van der Waals surface area contributed by atoms with Crippen LogP contribution in [0.4, 0.5) is 18.9 Å². The van der Waals surface area contributed by atoms with Gasteiger partial charge in [-0.3, -0.25) is 14.5 Å². The summed E-state index contributed by atoms with van der Waals surface area (Å²) in [6, 6.07) is 2.02. The van der Waals surface area contributed by atoms with E-state index in [2.05, 4.69) is 9.72 Å². The van der Waals surface area contributed by atoms with Crippen LogP contribution in [0.2, 0.25) is 0 Å². The van der Waals surface area contributed by atoms with Gasteiger partial charge in [0.05, 0.1) is 17.7 Å². The van der Waals surface area contributed by atoms with Crippen molar-refractivity contribution in [1.29, 1.82) is 0 Å². The Labute approximate surface area is 115 Å². The van der Waals surface area contributed by atoms with Crippen LogP contribution in [0.25, 0.3) is 5.65 Å². The molecule has 112 valence electrons. The second-order valence-electron chi connectivity index (χ2n) is 3.90. The van der Waals surface area contributed by atoms with Crippen LogP contribution in [0.1, 0.15) is 23.1 Å². The van der Waals surface area contributed by atoms with Gasteiger partial charge in [0, 0.05) is 6.07 Å². The molecular weight excluding hydrogens is 295 g/mol. The van der Waals surface area contributed by atoms with Crippen LogP contribution >= 0.6 is 0 Å². The first-order chi connectivity index (χ1) is 9.75. The maximum atomic E-state index is 12.9. The summed E-state index contributed by atoms with van der Waals surface area (Å²) >= 11 is 0. The van der Waals surface area contributed by atoms with Crippen LogP contribution in [0.5, 0.6) is 0 Å². The lowest BCUT2D eigenvalue weighted by atomic mass is 10.3. The maximum absolute atomic E-state index is 12.9. The zero-order valence-electron chi connectivity index (χ0n) is 10.5. The monoisotopic (exact) mass is 303 g/mol. The van der Waals surface area contributed by atoms with E-state index in [4.69, 9.17) is 0 Å². The second kappa shape index (κ2) is 5.04. The highest BCUT2D eigenvalue weighted by atomic mass is 19.4. The van der Waals surface area contributed by atoms with Crippen molar-refractivity contribution in [2.75, 3.05) is 6.61 Å². The molecule has 0 aliphatic carbocycles. The van der Waals surface area contributed by atoms with E-state index in [0.717, 1.165) is 18.3 Å². The van der Waals surface area contributed by atoms with Gasteiger partial charge < -0.3 is 4.74 Å². The van der Waals surface area contributed by atoms with E-state index in [1.807, 2.05) is 0 Å². The fraction of sp³-hybridized carbons (Fsp3) is 0.273. The van der Waals surface area contributed by atoms with Crippen molar-refractivity contribution in [2.45, 2.75) is 13.1 Å². The van der Waals surface area contributed by atoms with E-state index in [1.54, 1.807) is 0 Å². The standard InChI is InChI=1S/C11H8F3N3O4/c1-2-21-10(18)8-9(11(12,13)14)15-7-4-3-6(17(19)20)5-16(7)8/h3-5H,2H2,1H3. The molecule has 0 saturated carbocycles. The van der Waals surface area contributed by atoms with Gasteiger partial charge in [0.15, 0.2) is 11.4 Å². The number of carbonyl (C=O) groups excluding carboxylic acids is 1. The van der Waals surface area contributed by atoms with Crippen molar-refractivity contribution in [1.82, 2.24) is 9.38 Å². The van der Waals surface area contributed by atoms with Crippen molar-refractivity contribution < 1.29 is 27.6 Å². The molecule has 0 fully saturated rings. The summed E-state index contributed by atoms with van der Waals surface area (Å²) in [5, 5.41) is 10.7. The molecule has 0 saturated heterocycles. The molecule has 0 radical (unpaired) electrons. The summed E-state index contributed by atoms with van der Waals surface area (Å²) in [6.45, 7) is 1.29. The predicted molar refractivity (Wildman–Crippen MR) is 62.8 cm³/mol. The molecular formula is C11H8F3N3O4. The number of aromatic nitrogens is 2. The van der Waals surface area contributed by atoms with Gasteiger partial charge in [-0.15, -0.1) is 0 Å². The van der Waals surface area contributed by atoms with Gasteiger partial charge in [-0.25, -0.2) is 9.78 Å². The van der Waals surface area contributed by atoms with E-state index < -0.39 is 34.1 Å². The lowest BCUT2D eigenvalue weighted by Crippen LogP contribution is -2.16. The van der Waals surface area contributed by atoms with Crippen molar-refractivity contribution in [3.63, 3.8) is 0 Å². The molecule has 21 heavy (non-hydrogen) atoms. The second-order valence-corrected chi connectivity index (χ2v) is 3.90. The summed E-state index contributed by atoms with van der Waals surface area (Å²) < 4.78 is 44.1. The minimum atomic E-state index is -4.89. The third kappa shape index (κ3) is 2.64. The average molecular weight is 303 g/mol. The Balaban J connectivity index is 2.76. The first-order valence-corrected chi connectivity index (χ1v) is 5.66. The Bertz CT molecular complexity index is 723. The lowest BCUT2D eigenvalue weighted by molar-refractivity contribution is -0.385. The van der Waals surface area contributed by atoms with Gasteiger partial charge in [-0.1, -0.05) is 0 Å². The normalized spacial score (nSPS) is 11.6. The minimum Gasteiger partial charge on any atom is -0.461 e. The van der Waals surface area contributed by atoms with Gasteiger partial charge in [-0.05, 0) is 13.0 Å². The van der Waals surface area contributed by atoms with Crippen molar-refractivity contribution in [3.05, 3.63) is 39.8 Å². The number of ether oxygens (including phenoxy) is 1. The Kier molecular flexibility index (Phi) is 3.54. The van der Waals surface area contributed by atoms with Crippen LogP contribution in [0.15, 0.2) is 18.3 Å². The van der Waals surface area contributed by atoms with Crippen LogP contribution in [0, 0.1) is 10.1 Å². The van der Waals surface area contributed by atoms with E-state index in [0.29, 0.717) is 4.40 Å². The number of hydrogen-bond acceptors (Lipinski definition) is 5. The number of rotatable bonds is 3. The van der Waals surface area contributed by atoms with Crippen LogP contribution in [-0.4, -0.2) is 26.9 Å². The fourth-order valence-electron chi connectivity index (χ4n) is 1.73. The fourth-order valence-corrected chi connectivity index (χ4v) is 1.73. The van der Waals surface area contributed by atoms with Gasteiger partial charge >= 0.3 is 12.1 Å². The van der Waals surface area contributed by atoms with Gasteiger partial charge in [0.25, 0.3) is 5.69 Å². The number of hydrogen-bond donors (Lipinski definition) is 0. The predicted octanol–water partition coefficient (Wildman–Crippen LogP) is 2.44. The molecule has 0 bridgehead atoms. The number of halogens is 3. The molecule has 0 N–H and O–H groups in total. The number of esters is 1.